The molecule has 0 radical (unpaired) electrons. The molecule has 1 fully saturated rings. The van der Waals surface area contributed by atoms with Crippen molar-refractivity contribution in [3.05, 3.63) is 23.8 Å². The minimum atomic E-state index is 0.718. The smallest absolute Gasteiger partial charge is 0.162 e. The maximum Gasteiger partial charge on any atom is 0.162 e. The van der Waals surface area contributed by atoms with Crippen molar-refractivity contribution in [3.8, 4) is 11.5 Å². The van der Waals surface area contributed by atoms with Gasteiger partial charge in [0.1, 0.15) is 5.82 Å². The number of nitrogens with zero attached hydrogens (tertiary/aromatic N) is 3. The Morgan fingerprint density at radius 2 is 1.59 bits per heavy atom. The highest BCUT2D eigenvalue weighted by Crippen LogP contribution is 2.33. The van der Waals surface area contributed by atoms with Gasteiger partial charge >= 0.3 is 0 Å². The number of pyridine rings is 1. The van der Waals surface area contributed by atoms with E-state index in [-0.39, 0.29) is 0 Å². The largest absolute Gasteiger partial charge is 0.493 e. The number of aryl methyl sites for hydroxylation is 1. The van der Waals surface area contributed by atoms with E-state index in [1.54, 1.807) is 14.2 Å². The van der Waals surface area contributed by atoms with Crippen LogP contribution in [0.5, 0.6) is 11.5 Å². The van der Waals surface area contributed by atoms with Crippen LogP contribution in [0.1, 0.15) is 5.56 Å². The van der Waals surface area contributed by atoms with E-state index in [0.29, 0.717) is 0 Å². The monoisotopic (exact) mass is 301 g/mol. The van der Waals surface area contributed by atoms with Crippen molar-refractivity contribution in [1.82, 2.24) is 9.88 Å². The molecule has 0 aliphatic carbocycles. The highest BCUT2D eigenvalue weighted by Gasteiger charge is 2.18. The second-order valence-corrected chi connectivity index (χ2v) is 5.82. The molecule has 1 aliphatic rings. The molecule has 0 unspecified atom stereocenters. The van der Waals surface area contributed by atoms with Crippen LogP contribution >= 0.6 is 0 Å². The van der Waals surface area contributed by atoms with E-state index in [0.717, 1.165) is 54.4 Å². The van der Waals surface area contributed by atoms with Crippen LogP contribution in [0.15, 0.2) is 18.2 Å². The molecule has 0 saturated carbocycles. The van der Waals surface area contributed by atoms with Crippen molar-refractivity contribution in [3.63, 3.8) is 0 Å². The van der Waals surface area contributed by atoms with Crippen LogP contribution in [0.3, 0.4) is 0 Å². The first-order valence-electron chi connectivity index (χ1n) is 7.59. The maximum atomic E-state index is 5.39. The number of benzene rings is 1. The zero-order valence-electron chi connectivity index (χ0n) is 13.7. The van der Waals surface area contributed by atoms with Gasteiger partial charge in [-0.2, -0.15) is 0 Å². The Bertz CT molecular complexity index is 679. The number of anilines is 1. The van der Waals surface area contributed by atoms with Crippen LogP contribution in [0, 0.1) is 6.92 Å². The summed E-state index contributed by atoms with van der Waals surface area (Å²) in [5.41, 5.74) is 2.14. The second kappa shape index (κ2) is 6.01. The number of hydrogen-bond donors (Lipinski definition) is 0. The lowest BCUT2D eigenvalue weighted by molar-refractivity contribution is 0.312. The molecule has 0 amide bonds. The maximum absolute atomic E-state index is 5.39. The van der Waals surface area contributed by atoms with Gasteiger partial charge in [-0.1, -0.05) is 0 Å². The molecule has 2 heterocycles. The molecule has 1 saturated heterocycles. The zero-order valence-corrected chi connectivity index (χ0v) is 13.7. The first-order valence-corrected chi connectivity index (χ1v) is 7.59. The SMILES string of the molecule is COc1cc2cc(C)c(N3CCN(C)CC3)nc2cc1OC. The molecular formula is C17H23N3O2. The Balaban J connectivity index is 2.03. The summed E-state index contributed by atoms with van der Waals surface area (Å²) < 4.78 is 10.8. The Labute approximate surface area is 131 Å². The first-order chi connectivity index (χ1) is 10.6. The fourth-order valence-electron chi connectivity index (χ4n) is 2.93. The third-order valence-electron chi connectivity index (χ3n) is 4.29. The van der Waals surface area contributed by atoms with Crippen LogP contribution in [0.4, 0.5) is 5.82 Å². The summed E-state index contributed by atoms with van der Waals surface area (Å²) in [5, 5.41) is 1.08. The van der Waals surface area contributed by atoms with Crippen LogP contribution in [-0.2, 0) is 0 Å². The van der Waals surface area contributed by atoms with Gasteiger partial charge in [-0.15, -0.1) is 0 Å². The standard InChI is InChI=1S/C17H23N3O2/c1-12-9-13-10-15(21-3)16(22-4)11-14(13)18-17(12)20-7-5-19(2)6-8-20/h9-11H,5-8H2,1-4H3. The first kappa shape index (κ1) is 14.9. The molecule has 1 aromatic heterocycles. The van der Waals surface area contributed by atoms with E-state index in [1.807, 2.05) is 12.1 Å². The molecule has 0 spiro atoms. The number of fused-ring (bicyclic) bond motifs is 1. The minimum absolute atomic E-state index is 0.718. The second-order valence-electron chi connectivity index (χ2n) is 5.82. The summed E-state index contributed by atoms with van der Waals surface area (Å²) in [6.45, 7) is 6.30. The van der Waals surface area contributed by atoms with Crippen LogP contribution < -0.4 is 14.4 Å². The van der Waals surface area contributed by atoms with Gasteiger partial charge in [-0.25, -0.2) is 4.98 Å². The predicted octanol–water partition coefficient (Wildman–Crippen LogP) is 2.31. The summed E-state index contributed by atoms with van der Waals surface area (Å²) in [6.07, 6.45) is 0. The summed E-state index contributed by atoms with van der Waals surface area (Å²) in [6, 6.07) is 6.12. The number of aromatic nitrogens is 1. The van der Waals surface area contributed by atoms with Gasteiger partial charge < -0.3 is 19.3 Å². The molecule has 22 heavy (non-hydrogen) atoms. The van der Waals surface area contributed by atoms with Gasteiger partial charge in [0, 0.05) is 37.6 Å². The lowest BCUT2D eigenvalue weighted by Gasteiger charge is -2.34. The summed E-state index contributed by atoms with van der Waals surface area (Å²) in [7, 11) is 5.47. The van der Waals surface area contributed by atoms with Crippen molar-refractivity contribution in [2.45, 2.75) is 6.92 Å². The van der Waals surface area contributed by atoms with E-state index >= 15 is 0 Å². The Morgan fingerprint density at radius 3 is 2.23 bits per heavy atom. The number of hydrogen-bond acceptors (Lipinski definition) is 5. The van der Waals surface area contributed by atoms with Gasteiger partial charge in [0.05, 0.1) is 19.7 Å². The van der Waals surface area contributed by atoms with Gasteiger partial charge in [0.25, 0.3) is 0 Å². The van der Waals surface area contributed by atoms with Crippen molar-refractivity contribution in [1.29, 1.82) is 0 Å². The lowest BCUT2D eigenvalue weighted by Crippen LogP contribution is -2.45. The predicted molar refractivity (Wildman–Crippen MR) is 89.3 cm³/mol. The highest BCUT2D eigenvalue weighted by atomic mass is 16.5. The fraction of sp³-hybridized carbons (Fsp3) is 0.471. The summed E-state index contributed by atoms with van der Waals surface area (Å²) >= 11 is 0. The van der Waals surface area contributed by atoms with Crippen molar-refractivity contribution < 1.29 is 9.47 Å². The lowest BCUT2D eigenvalue weighted by atomic mass is 10.1. The van der Waals surface area contributed by atoms with Crippen molar-refractivity contribution in [2.75, 3.05) is 52.3 Å². The fourth-order valence-corrected chi connectivity index (χ4v) is 2.93. The van der Waals surface area contributed by atoms with E-state index in [1.165, 1.54) is 5.56 Å². The number of rotatable bonds is 3. The molecule has 2 aromatic rings. The van der Waals surface area contributed by atoms with Crippen molar-refractivity contribution in [2.24, 2.45) is 0 Å². The van der Waals surface area contributed by atoms with Gasteiger partial charge in [0.15, 0.2) is 11.5 Å². The molecule has 5 heteroatoms. The molecular weight excluding hydrogens is 278 g/mol. The number of ether oxygens (including phenoxy) is 2. The molecule has 0 atom stereocenters. The van der Waals surface area contributed by atoms with Gasteiger partial charge in [-0.3, -0.25) is 0 Å². The van der Waals surface area contributed by atoms with Gasteiger partial charge in [-0.05, 0) is 31.7 Å². The van der Waals surface area contributed by atoms with E-state index in [9.17, 15) is 0 Å². The quantitative estimate of drug-likeness (QED) is 0.870. The number of likely N-dealkylation sites (N-methyl/N-ethyl adjacent to an activating group) is 1. The molecule has 118 valence electrons. The normalized spacial score (nSPS) is 16.1. The Hall–Kier alpha value is -2.01. The van der Waals surface area contributed by atoms with Crippen LogP contribution in [-0.4, -0.2) is 57.3 Å². The number of piperazine rings is 1. The minimum Gasteiger partial charge on any atom is -0.493 e. The molecule has 0 N–H and O–H groups in total. The number of methoxy groups -OCH3 is 2. The zero-order chi connectivity index (χ0) is 15.7. The molecule has 0 bridgehead atoms. The Kier molecular flexibility index (Phi) is 4.07. The van der Waals surface area contributed by atoms with Gasteiger partial charge in [0.2, 0.25) is 0 Å². The molecule has 5 nitrogen and oxygen atoms in total. The van der Waals surface area contributed by atoms with E-state index in [4.69, 9.17) is 14.5 Å². The van der Waals surface area contributed by atoms with Crippen LogP contribution in [0.25, 0.3) is 10.9 Å². The average molecular weight is 301 g/mol. The summed E-state index contributed by atoms with van der Waals surface area (Å²) in [4.78, 5) is 9.59. The summed E-state index contributed by atoms with van der Waals surface area (Å²) in [5.74, 6) is 2.53. The van der Waals surface area contributed by atoms with E-state index in [2.05, 4.69) is 29.8 Å². The van der Waals surface area contributed by atoms with Crippen LogP contribution in [0.2, 0.25) is 0 Å². The Morgan fingerprint density at radius 1 is 0.955 bits per heavy atom. The topological polar surface area (TPSA) is 37.8 Å². The highest BCUT2D eigenvalue weighted by molar-refractivity contribution is 5.85. The van der Waals surface area contributed by atoms with E-state index < -0.39 is 0 Å². The molecule has 1 aromatic carbocycles. The average Bonchev–Trinajstić information content (AvgIpc) is 2.54. The molecule has 1 aliphatic heterocycles. The molecule has 3 rings (SSSR count). The third-order valence-corrected chi connectivity index (χ3v) is 4.29. The van der Waals surface area contributed by atoms with Crippen molar-refractivity contribution >= 4 is 16.7 Å². The third kappa shape index (κ3) is 2.68.